The Bertz CT molecular complexity index is 1480. The topological polar surface area (TPSA) is 84.5 Å². The van der Waals surface area contributed by atoms with Gasteiger partial charge in [-0.05, 0) is 59.3 Å². The molecule has 3 heterocycles. The van der Waals surface area contributed by atoms with Gasteiger partial charge >= 0.3 is 6.18 Å². The number of carbonyl (C=O) groups excluding carboxylic acids is 1. The van der Waals surface area contributed by atoms with Crippen LogP contribution < -0.4 is 10.9 Å². The van der Waals surface area contributed by atoms with E-state index >= 15 is 0 Å². The van der Waals surface area contributed by atoms with Gasteiger partial charge in [-0.1, -0.05) is 11.6 Å². The van der Waals surface area contributed by atoms with Crippen LogP contribution in [-0.4, -0.2) is 42.1 Å². The summed E-state index contributed by atoms with van der Waals surface area (Å²) in [7, 11) is 0. The highest BCUT2D eigenvalue weighted by Crippen LogP contribution is 2.67. The van der Waals surface area contributed by atoms with Gasteiger partial charge in [-0.2, -0.15) is 22.7 Å². The summed E-state index contributed by atoms with van der Waals surface area (Å²) in [4.78, 5) is 31.1. The number of amides is 1. The van der Waals surface area contributed by atoms with Gasteiger partial charge in [0.05, 0.1) is 16.3 Å². The van der Waals surface area contributed by atoms with Crippen molar-refractivity contribution in [2.75, 3.05) is 18.4 Å². The molecule has 3 aliphatic rings. The van der Waals surface area contributed by atoms with Crippen molar-refractivity contribution in [2.24, 2.45) is 5.92 Å². The first-order valence-electron chi connectivity index (χ1n) is 11.3. The molecule has 36 heavy (non-hydrogen) atoms. The number of alkyl halides is 3. The molecule has 2 aliphatic carbocycles. The van der Waals surface area contributed by atoms with Crippen molar-refractivity contribution in [2.45, 2.75) is 43.3 Å². The van der Waals surface area contributed by atoms with E-state index in [9.17, 15) is 22.8 Å². The smallest absolute Gasteiger partial charge is 0.323 e. The summed E-state index contributed by atoms with van der Waals surface area (Å²) < 4.78 is 44.2. The summed E-state index contributed by atoms with van der Waals surface area (Å²) in [6, 6.07) is 2.76. The van der Waals surface area contributed by atoms with E-state index in [-0.39, 0.29) is 44.7 Å². The van der Waals surface area contributed by atoms with Gasteiger partial charge in [0.2, 0.25) is 16.4 Å². The van der Waals surface area contributed by atoms with Crippen molar-refractivity contribution in [3.05, 3.63) is 55.1 Å². The Morgan fingerprint density at radius 2 is 2.00 bits per heavy atom. The quantitative estimate of drug-likeness (QED) is 0.415. The third-order valence-electron chi connectivity index (χ3n) is 7.58. The van der Waals surface area contributed by atoms with Gasteiger partial charge in [-0.3, -0.25) is 9.59 Å². The molecule has 2 fully saturated rings. The number of carbonyl (C=O) groups is 1. The van der Waals surface area contributed by atoms with Crippen molar-refractivity contribution in [1.82, 2.24) is 23.1 Å². The molecule has 1 aromatic carbocycles. The first-order valence-corrected chi connectivity index (χ1v) is 13.1. The lowest BCUT2D eigenvalue weighted by Crippen LogP contribution is -2.44. The number of hydrogen-bond acceptors (Lipinski definition) is 5. The van der Waals surface area contributed by atoms with Gasteiger partial charge in [0.25, 0.3) is 5.56 Å². The Hall–Kier alpha value is -1.96. The average molecular weight is 651 g/mol. The van der Waals surface area contributed by atoms with Crippen molar-refractivity contribution in [3.8, 4) is 0 Å². The lowest BCUT2D eigenvalue weighted by molar-refractivity contribution is -0.137. The summed E-state index contributed by atoms with van der Waals surface area (Å²) in [5.74, 6) is 0.213. The van der Waals surface area contributed by atoms with Gasteiger partial charge in [-0.15, -0.1) is 5.10 Å². The minimum Gasteiger partial charge on any atom is -0.323 e. The summed E-state index contributed by atoms with van der Waals surface area (Å²) in [5.41, 5.74) is 0.192. The summed E-state index contributed by atoms with van der Waals surface area (Å²) in [5, 5.41) is 6.61. The molecule has 1 saturated carbocycles. The van der Waals surface area contributed by atoms with E-state index in [4.69, 9.17) is 11.6 Å². The molecule has 2 unspecified atom stereocenters. The van der Waals surface area contributed by atoms with Crippen LogP contribution in [0.1, 0.15) is 42.0 Å². The van der Waals surface area contributed by atoms with E-state index < -0.39 is 17.6 Å². The highest BCUT2D eigenvalue weighted by atomic mass is 79.9. The second-order valence-electron chi connectivity index (χ2n) is 9.50. The molecule has 1 amide bonds. The summed E-state index contributed by atoms with van der Waals surface area (Å²) in [6.45, 7) is 1.40. The van der Waals surface area contributed by atoms with Gasteiger partial charge in [0, 0.05) is 51.8 Å². The predicted molar refractivity (Wildman–Crippen MR) is 132 cm³/mol. The molecular formula is C22H18Br2ClF3N6O2. The molecule has 1 aliphatic heterocycles. The SMILES string of the molecule is O=C(Cn1c2c(c(=O)n3nc(Br)nc13)C1(CCN(Br)CC1)C1CC21)Nc1ccc(C(F)(F)F)cc1Cl. The monoisotopic (exact) mass is 648 g/mol. The van der Waals surface area contributed by atoms with Crippen molar-refractivity contribution >= 4 is 61.1 Å². The Labute approximate surface area is 224 Å². The predicted octanol–water partition coefficient (Wildman–Crippen LogP) is 4.73. The molecule has 0 bridgehead atoms. The van der Waals surface area contributed by atoms with Crippen LogP contribution in [0.2, 0.25) is 5.02 Å². The largest absolute Gasteiger partial charge is 0.416 e. The van der Waals surface area contributed by atoms with Crippen LogP contribution in [0.4, 0.5) is 18.9 Å². The third-order valence-corrected chi connectivity index (χ3v) is 8.94. The van der Waals surface area contributed by atoms with Crippen LogP contribution in [0, 0.1) is 5.92 Å². The molecule has 1 N–H and O–H groups in total. The number of nitrogens with one attached hydrogen (secondary N) is 1. The molecule has 6 rings (SSSR count). The zero-order valence-corrected chi connectivity index (χ0v) is 22.4. The number of anilines is 1. The lowest BCUT2D eigenvalue weighted by atomic mass is 9.72. The highest BCUT2D eigenvalue weighted by Gasteiger charge is 2.64. The van der Waals surface area contributed by atoms with Gasteiger partial charge < -0.3 is 9.88 Å². The number of halogens is 6. The molecule has 2 aromatic heterocycles. The normalized spacial score (nSPS) is 22.6. The van der Waals surface area contributed by atoms with E-state index in [1.165, 1.54) is 4.52 Å². The Balaban J connectivity index is 1.39. The fourth-order valence-corrected chi connectivity index (χ4v) is 6.88. The zero-order chi connectivity index (χ0) is 25.6. The van der Waals surface area contributed by atoms with Gasteiger partial charge in [-0.25, -0.2) is 3.93 Å². The second-order valence-corrected chi connectivity index (χ2v) is 11.6. The zero-order valence-electron chi connectivity index (χ0n) is 18.4. The van der Waals surface area contributed by atoms with Crippen LogP contribution in [0.25, 0.3) is 5.78 Å². The third kappa shape index (κ3) is 3.72. The van der Waals surface area contributed by atoms with Gasteiger partial charge in [0.15, 0.2) is 0 Å². The fraction of sp³-hybridized carbons (Fsp3) is 0.455. The molecule has 8 nitrogen and oxygen atoms in total. The average Bonchev–Trinajstić information content (AvgIpc) is 3.43. The molecule has 1 saturated heterocycles. The first-order chi connectivity index (χ1) is 17.0. The van der Waals surface area contributed by atoms with Crippen LogP contribution in [-0.2, 0) is 22.9 Å². The molecule has 3 aromatic rings. The maximum absolute atomic E-state index is 13.6. The van der Waals surface area contributed by atoms with Gasteiger partial charge in [0.1, 0.15) is 6.54 Å². The number of rotatable bonds is 3. The summed E-state index contributed by atoms with van der Waals surface area (Å²) in [6.07, 6.45) is -1.98. The van der Waals surface area contributed by atoms with Crippen molar-refractivity contribution in [3.63, 3.8) is 0 Å². The van der Waals surface area contributed by atoms with Crippen LogP contribution >= 0.6 is 43.7 Å². The molecule has 14 heteroatoms. The Kier molecular flexibility index (Phi) is 5.60. The van der Waals surface area contributed by atoms with E-state index in [0.717, 1.165) is 56.2 Å². The van der Waals surface area contributed by atoms with Crippen molar-refractivity contribution in [1.29, 1.82) is 0 Å². The van der Waals surface area contributed by atoms with E-state index in [2.05, 4.69) is 51.4 Å². The number of nitrogens with zero attached hydrogens (tertiary/aromatic N) is 5. The molecule has 1 spiro atoms. The van der Waals surface area contributed by atoms with E-state index in [1.54, 1.807) is 4.57 Å². The number of fused-ring (bicyclic) bond motifs is 6. The standard InChI is InChI=1S/C22H18Br2ClF3N6O2/c23-19-30-20-33(9-15(35)29-14-2-1-10(7-13(14)25)22(26,27)28)17-11-8-12(11)21(3-5-32(24)6-4-21)16(17)18(36)34(20)31-19/h1-2,7,11-12H,3-6,8-9H2,(H,29,35). The number of aromatic nitrogens is 4. The maximum atomic E-state index is 13.6. The minimum atomic E-state index is -4.54. The maximum Gasteiger partial charge on any atom is 0.416 e. The number of hydrogen-bond donors (Lipinski definition) is 1. The fourth-order valence-electron chi connectivity index (χ4n) is 5.98. The summed E-state index contributed by atoms with van der Waals surface area (Å²) >= 11 is 12.8. The van der Waals surface area contributed by atoms with E-state index in [1.807, 2.05) is 0 Å². The van der Waals surface area contributed by atoms with E-state index in [0.29, 0.717) is 11.5 Å². The lowest BCUT2D eigenvalue weighted by Gasteiger charge is -2.38. The minimum absolute atomic E-state index is 0.0662. The first kappa shape index (κ1) is 24.4. The highest BCUT2D eigenvalue weighted by molar-refractivity contribution is 9.10. The van der Waals surface area contributed by atoms with Crippen LogP contribution in [0.5, 0.6) is 0 Å². The molecule has 2 atom stereocenters. The number of piperidine rings is 1. The Morgan fingerprint density at radius 1 is 1.28 bits per heavy atom. The second kappa shape index (κ2) is 8.27. The Morgan fingerprint density at radius 3 is 2.67 bits per heavy atom. The molecule has 190 valence electrons. The van der Waals surface area contributed by atoms with Crippen LogP contribution in [0.3, 0.4) is 0 Å². The molecular weight excluding hydrogens is 633 g/mol. The number of benzene rings is 1. The van der Waals surface area contributed by atoms with Crippen molar-refractivity contribution < 1.29 is 18.0 Å². The molecule has 0 radical (unpaired) electrons. The van der Waals surface area contributed by atoms with Crippen LogP contribution in [0.15, 0.2) is 27.7 Å².